The highest BCUT2D eigenvalue weighted by Crippen LogP contribution is 2.31. The largest absolute Gasteiger partial charge is 0.312 e. The van der Waals surface area contributed by atoms with Gasteiger partial charge in [-0.1, -0.05) is 26.7 Å². The Morgan fingerprint density at radius 1 is 1.50 bits per heavy atom. The summed E-state index contributed by atoms with van der Waals surface area (Å²) in [5.41, 5.74) is 0. The van der Waals surface area contributed by atoms with Crippen molar-refractivity contribution in [2.45, 2.75) is 46.1 Å². The first-order chi connectivity index (χ1) is 7.74. The second-order valence-electron chi connectivity index (χ2n) is 5.23. The quantitative estimate of drug-likeness (QED) is 0.738. The predicted octanol–water partition coefficient (Wildman–Crippen LogP) is 3.23. The number of thiazole rings is 1. The third kappa shape index (κ3) is 4.22. The lowest BCUT2D eigenvalue weighted by atomic mass is 10.1. The van der Waals surface area contributed by atoms with E-state index in [9.17, 15) is 0 Å². The highest BCUT2D eigenvalue weighted by molar-refractivity contribution is 7.11. The normalized spacial score (nSPS) is 15.9. The Bertz CT molecular complexity index is 315. The van der Waals surface area contributed by atoms with Crippen LogP contribution in [0.5, 0.6) is 0 Å². The van der Waals surface area contributed by atoms with E-state index in [4.69, 9.17) is 0 Å². The van der Waals surface area contributed by atoms with Gasteiger partial charge in [-0.25, -0.2) is 4.98 Å². The Hall–Kier alpha value is -0.410. The summed E-state index contributed by atoms with van der Waals surface area (Å²) in [6.07, 6.45) is 7.43. The van der Waals surface area contributed by atoms with E-state index in [0.717, 1.165) is 18.9 Å². The summed E-state index contributed by atoms with van der Waals surface area (Å²) >= 11 is 1.86. The first-order valence-corrected chi connectivity index (χ1v) is 7.20. The second-order valence-corrected chi connectivity index (χ2v) is 6.43. The van der Waals surface area contributed by atoms with Crippen LogP contribution in [0.4, 0.5) is 0 Å². The monoisotopic (exact) mass is 238 g/mol. The molecule has 1 aromatic heterocycles. The molecule has 1 aromatic rings. The Morgan fingerprint density at radius 3 is 3.00 bits per heavy atom. The van der Waals surface area contributed by atoms with Crippen LogP contribution in [0.3, 0.4) is 0 Å². The van der Waals surface area contributed by atoms with Crippen LogP contribution in [0.1, 0.15) is 43.0 Å². The van der Waals surface area contributed by atoms with Gasteiger partial charge in [0.1, 0.15) is 0 Å². The van der Waals surface area contributed by atoms with Crippen molar-refractivity contribution in [2.75, 3.05) is 6.54 Å². The SMILES string of the molecule is CC(C)Cc1ncc(CNCCC2CC2)s1. The van der Waals surface area contributed by atoms with E-state index in [-0.39, 0.29) is 0 Å². The molecular weight excluding hydrogens is 216 g/mol. The van der Waals surface area contributed by atoms with Gasteiger partial charge in [-0.05, 0) is 24.8 Å². The van der Waals surface area contributed by atoms with Crippen LogP contribution in [-0.2, 0) is 13.0 Å². The van der Waals surface area contributed by atoms with Crippen molar-refractivity contribution in [3.63, 3.8) is 0 Å². The minimum absolute atomic E-state index is 0.710. The summed E-state index contributed by atoms with van der Waals surface area (Å²) in [6, 6.07) is 0. The van der Waals surface area contributed by atoms with Gasteiger partial charge in [-0.2, -0.15) is 0 Å². The average molecular weight is 238 g/mol. The van der Waals surface area contributed by atoms with Gasteiger partial charge < -0.3 is 5.32 Å². The molecular formula is C13H22N2S. The van der Waals surface area contributed by atoms with Crippen molar-refractivity contribution >= 4 is 11.3 Å². The number of aromatic nitrogens is 1. The van der Waals surface area contributed by atoms with Crippen LogP contribution in [0.2, 0.25) is 0 Å². The summed E-state index contributed by atoms with van der Waals surface area (Å²) < 4.78 is 0. The zero-order valence-corrected chi connectivity index (χ0v) is 11.1. The molecule has 0 radical (unpaired) electrons. The van der Waals surface area contributed by atoms with Gasteiger partial charge in [0, 0.05) is 24.0 Å². The van der Waals surface area contributed by atoms with Crippen LogP contribution in [0, 0.1) is 11.8 Å². The third-order valence-electron chi connectivity index (χ3n) is 2.91. The van der Waals surface area contributed by atoms with Gasteiger partial charge in [0.15, 0.2) is 0 Å². The molecule has 16 heavy (non-hydrogen) atoms. The lowest BCUT2D eigenvalue weighted by molar-refractivity contribution is 0.616. The molecule has 1 heterocycles. The van der Waals surface area contributed by atoms with Crippen LogP contribution in [0.15, 0.2) is 6.20 Å². The summed E-state index contributed by atoms with van der Waals surface area (Å²) in [5.74, 6) is 1.74. The van der Waals surface area contributed by atoms with Gasteiger partial charge >= 0.3 is 0 Å². The molecule has 1 fully saturated rings. The molecule has 0 bridgehead atoms. The predicted molar refractivity (Wildman–Crippen MR) is 69.7 cm³/mol. The molecule has 3 heteroatoms. The molecule has 0 aliphatic heterocycles. The fourth-order valence-corrected chi connectivity index (χ4v) is 2.90. The molecule has 1 saturated carbocycles. The lowest BCUT2D eigenvalue weighted by Crippen LogP contribution is -2.14. The van der Waals surface area contributed by atoms with Crippen molar-refractivity contribution in [3.05, 3.63) is 16.1 Å². The maximum absolute atomic E-state index is 4.46. The maximum Gasteiger partial charge on any atom is 0.0930 e. The lowest BCUT2D eigenvalue weighted by Gasteiger charge is -2.01. The molecule has 1 N–H and O–H groups in total. The summed E-state index contributed by atoms with van der Waals surface area (Å²) in [6.45, 7) is 6.66. The van der Waals surface area contributed by atoms with Gasteiger partial charge in [0.05, 0.1) is 5.01 Å². The van der Waals surface area contributed by atoms with Gasteiger partial charge in [0.25, 0.3) is 0 Å². The molecule has 0 saturated heterocycles. The van der Waals surface area contributed by atoms with Crippen molar-refractivity contribution in [2.24, 2.45) is 11.8 Å². The van der Waals surface area contributed by atoms with Crippen molar-refractivity contribution < 1.29 is 0 Å². The highest BCUT2D eigenvalue weighted by Gasteiger charge is 2.19. The van der Waals surface area contributed by atoms with E-state index in [1.807, 2.05) is 17.5 Å². The minimum atomic E-state index is 0.710. The number of nitrogens with zero attached hydrogens (tertiary/aromatic N) is 1. The van der Waals surface area contributed by atoms with Crippen molar-refractivity contribution in [1.82, 2.24) is 10.3 Å². The zero-order valence-electron chi connectivity index (χ0n) is 10.3. The first kappa shape index (κ1) is 12.1. The molecule has 0 spiro atoms. The zero-order chi connectivity index (χ0) is 11.4. The Kier molecular flexibility index (Phi) is 4.36. The van der Waals surface area contributed by atoms with E-state index < -0.39 is 0 Å². The van der Waals surface area contributed by atoms with Crippen LogP contribution < -0.4 is 5.32 Å². The van der Waals surface area contributed by atoms with Gasteiger partial charge in [-0.3, -0.25) is 0 Å². The number of hydrogen-bond donors (Lipinski definition) is 1. The van der Waals surface area contributed by atoms with E-state index >= 15 is 0 Å². The van der Waals surface area contributed by atoms with Crippen LogP contribution >= 0.6 is 11.3 Å². The smallest absolute Gasteiger partial charge is 0.0930 e. The Labute approximate surface area is 102 Å². The minimum Gasteiger partial charge on any atom is -0.312 e. The standard InChI is InChI=1S/C13H22N2S/c1-10(2)7-13-15-9-12(16-13)8-14-6-5-11-3-4-11/h9-11,14H,3-8H2,1-2H3. The van der Waals surface area contributed by atoms with E-state index in [1.54, 1.807) is 0 Å². The number of hydrogen-bond acceptors (Lipinski definition) is 3. The molecule has 1 aliphatic carbocycles. The maximum atomic E-state index is 4.46. The molecule has 0 aromatic carbocycles. The molecule has 0 unspecified atom stereocenters. The molecule has 0 atom stereocenters. The van der Waals surface area contributed by atoms with Crippen molar-refractivity contribution in [3.8, 4) is 0 Å². The highest BCUT2D eigenvalue weighted by atomic mass is 32.1. The van der Waals surface area contributed by atoms with E-state index in [2.05, 4.69) is 24.1 Å². The van der Waals surface area contributed by atoms with Crippen LogP contribution in [-0.4, -0.2) is 11.5 Å². The summed E-state index contributed by atoms with van der Waals surface area (Å²) in [7, 11) is 0. The van der Waals surface area contributed by atoms with Crippen molar-refractivity contribution in [1.29, 1.82) is 0 Å². The van der Waals surface area contributed by atoms with Gasteiger partial charge in [-0.15, -0.1) is 11.3 Å². The van der Waals surface area contributed by atoms with E-state index in [0.29, 0.717) is 5.92 Å². The van der Waals surface area contributed by atoms with E-state index in [1.165, 1.54) is 35.7 Å². The molecule has 0 amide bonds. The third-order valence-corrected chi connectivity index (χ3v) is 3.93. The molecule has 1 aliphatic rings. The fourth-order valence-electron chi connectivity index (χ4n) is 1.80. The molecule has 90 valence electrons. The topological polar surface area (TPSA) is 24.9 Å². The second kappa shape index (κ2) is 5.78. The van der Waals surface area contributed by atoms with Gasteiger partial charge in [0.2, 0.25) is 0 Å². The van der Waals surface area contributed by atoms with Crippen LogP contribution in [0.25, 0.3) is 0 Å². The summed E-state index contributed by atoms with van der Waals surface area (Å²) in [4.78, 5) is 5.84. The number of rotatable bonds is 7. The first-order valence-electron chi connectivity index (χ1n) is 6.38. The summed E-state index contributed by atoms with van der Waals surface area (Å²) in [5, 5.41) is 4.80. The molecule has 2 nitrogen and oxygen atoms in total. The Morgan fingerprint density at radius 2 is 2.31 bits per heavy atom. The fraction of sp³-hybridized carbons (Fsp3) is 0.769. The average Bonchev–Trinajstić information content (AvgIpc) is 2.95. The Balaban J connectivity index is 1.65. The number of nitrogens with one attached hydrogen (secondary N) is 1. The molecule has 2 rings (SSSR count).